The lowest BCUT2D eigenvalue weighted by Crippen LogP contribution is -2.03. The number of hydrogen-bond acceptors (Lipinski definition) is 5. The summed E-state index contributed by atoms with van der Waals surface area (Å²) in [6.45, 7) is 0. The standard InChI is InChI=1S/C11H9NO5S/c13-12(14)10-5-3-9(4-6-10)8-18(15,16)11-2-1-7-17-11/h1-7H,8H2. The van der Waals surface area contributed by atoms with Crippen LogP contribution in [0, 0.1) is 10.1 Å². The molecule has 0 saturated heterocycles. The number of sulfone groups is 1. The van der Waals surface area contributed by atoms with Crippen LogP contribution in [0.15, 0.2) is 52.2 Å². The summed E-state index contributed by atoms with van der Waals surface area (Å²) >= 11 is 0. The van der Waals surface area contributed by atoms with Crippen LogP contribution in [0.25, 0.3) is 0 Å². The van der Waals surface area contributed by atoms with Gasteiger partial charge >= 0.3 is 0 Å². The van der Waals surface area contributed by atoms with Crippen LogP contribution in [0.2, 0.25) is 0 Å². The third-order valence-corrected chi connectivity index (χ3v) is 3.86. The Morgan fingerprint density at radius 1 is 1.17 bits per heavy atom. The number of benzene rings is 1. The molecular weight excluding hydrogens is 258 g/mol. The highest BCUT2D eigenvalue weighted by molar-refractivity contribution is 7.90. The molecule has 1 heterocycles. The van der Waals surface area contributed by atoms with Crippen molar-refractivity contribution in [2.24, 2.45) is 0 Å². The largest absolute Gasteiger partial charge is 0.453 e. The second-order valence-corrected chi connectivity index (χ2v) is 5.54. The SMILES string of the molecule is O=[N+]([O-])c1ccc(CS(=O)(=O)c2ccco2)cc1. The van der Waals surface area contributed by atoms with Gasteiger partial charge in [-0.3, -0.25) is 10.1 Å². The molecule has 0 amide bonds. The molecule has 0 spiro atoms. The fourth-order valence-electron chi connectivity index (χ4n) is 1.44. The van der Waals surface area contributed by atoms with Crippen LogP contribution in [-0.4, -0.2) is 13.3 Å². The van der Waals surface area contributed by atoms with Gasteiger partial charge in [0, 0.05) is 12.1 Å². The summed E-state index contributed by atoms with van der Waals surface area (Å²) in [5.74, 6) is -0.251. The van der Waals surface area contributed by atoms with Gasteiger partial charge in [0.1, 0.15) is 0 Å². The Hall–Kier alpha value is -2.15. The van der Waals surface area contributed by atoms with Crippen molar-refractivity contribution >= 4 is 15.5 Å². The Labute approximate surface area is 103 Å². The van der Waals surface area contributed by atoms with E-state index in [0.717, 1.165) is 0 Å². The molecule has 0 N–H and O–H groups in total. The molecule has 2 rings (SSSR count). The predicted octanol–water partition coefficient (Wildman–Crippen LogP) is 2.16. The molecular formula is C11H9NO5S. The molecule has 7 heteroatoms. The number of nitro benzene ring substituents is 1. The third-order valence-electron chi connectivity index (χ3n) is 2.31. The Morgan fingerprint density at radius 3 is 2.33 bits per heavy atom. The zero-order valence-electron chi connectivity index (χ0n) is 9.15. The number of non-ortho nitro benzene ring substituents is 1. The fourth-order valence-corrected chi connectivity index (χ4v) is 2.71. The van der Waals surface area contributed by atoms with E-state index in [-0.39, 0.29) is 16.5 Å². The lowest BCUT2D eigenvalue weighted by atomic mass is 10.2. The Morgan fingerprint density at radius 2 is 1.83 bits per heavy atom. The number of nitrogens with zero attached hydrogens (tertiary/aromatic N) is 1. The van der Waals surface area contributed by atoms with Crippen molar-refractivity contribution in [1.29, 1.82) is 0 Å². The Kier molecular flexibility index (Phi) is 3.15. The maximum atomic E-state index is 11.9. The first-order valence-corrected chi connectivity index (χ1v) is 6.64. The molecule has 0 aliphatic heterocycles. The monoisotopic (exact) mass is 267 g/mol. The van der Waals surface area contributed by atoms with Gasteiger partial charge < -0.3 is 4.42 Å². The van der Waals surface area contributed by atoms with E-state index in [1.54, 1.807) is 0 Å². The van der Waals surface area contributed by atoms with Gasteiger partial charge in [0.15, 0.2) is 0 Å². The average molecular weight is 267 g/mol. The van der Waals surface area contributed by atoms with Crippen molar-refractivity contribution in [3.63, 3.8) is 0 Å². The van der Waals surface area contributed by atoms with Crippen molar-refractivity contribution in [2.75, 3.05) is 0 Å². The van der Waals surface area contributed by atoms with Gasteiger partial charge in [0.25, 0.3) is 5.69 Å². The molecule has 6 nitrogen and oxygen atoms in total. The highest BCUT2D eigenvalue weighted by Crippen LogP contribution is 2.18. The van der Waals surface area contributed by atoms with E-state index in [1.165, 1.54) is 42.7 Å². The molecule has 0 atom stereocenters. The summed E-state index contributed by atoms with van der Waals surface area (Å²) in [7, 11) is -3.54. The molecule has 94 valence electrons. The van der Waals surface area contributed by atoms with Crippen LogP contribution in [0.4, 0.5) is 5.69 Å². The van der Waals surface area contributed by atoms with Crippen LogP contribution in [0.3, 0.4) is 0 Å². The first-order chi connectivity index (χ1) is 8.49. The highest BCUT2D eigenvalue weighted by atomic mass is 32.2. The van der Waals surface area contributed by atoms with Gasteiger partial charge in [-0.2, -0.15) is 0 Å². The maximum Gasteiger partial charge on any atom is 0.269 e. The smallest absolute Gasteiger partial charge is 0.269 e. The Bertz CT molecular complexity index is 643. The Balaban J connectivity index is 2.22. The molecule has 0 fully saturated rings. The molecule has 0 radical (unpaired) electrons. The number of hydrogen-bond donors (Lipinski definition) is 0. The second kappa shape index (κ2) is 4.61. The van der Waals surface area contributed by atoms with Gasteiger partial charge in [-0.25, -0.2) is 8.42 Å². The van der Waals surface area contributed by atoms with Gasteiger partial charge in [-0.15, -0.1) is 0 Å². The van der Waals surface area contributed by atoms with Crippen LogP contribution >= 0.6 is 0 Å². The summed E-state index contributed by atoms with van der Waals surface area (Å²) < 4.78 is 28.5. The van der Waals surface area contributed by atoms with E-state index >= 15 is 0 Å². The van der Waals surface area contributed by atoms with Gasteiger partial charge in [-0.1, -0.05) is 12.1 Å². The first-order valence-electron chi connectivity index (χ1n) is 4.98. The summed E-state index contributed by atoms with van der Waals surface area (Å²) in [5, 5.41) is 10.3. The van der Waals surface area contributed by atoms with Gasteiger partial charge in [-0.05, 0) is 17.7 Å². The lowest BCUT2D eigenvalue weighted by molar-refractivity contribution is -0.384. The van der Waals surface area contributed by atoms with Crippen LogP contribution in [-0.2, 0) is 15.6 Å². The molecule has 0 aliphatic carbocycles. The van der Waals surface area contributed by atoms with Crippen LogP contribution in [0.1, 0.15) is 5.56 Å². The normalized spacial score (nSPS) is 11.3. The highest BCUT2D eigenvalue weighted by Gasteiger charge is 2.18. The van der Waals surface area contributed by atoms with Crippen molar-refractivity contribution in [3.05, 3.63) is 58.3 Å². The lowest BCUT2D eigenvalue weighted by Gasteiger charge is -2.01. The van der Waals surface area contributed by atoms with E-state index in [9.17, 15) is 18.5 Å². The van der Waals surface area contributed by atoms with E-state index < -0.39 is 14.8 Å². The van der Waals surface area contributed by atoms with Gasteiger partial charge in [0.2, 0.25) is 14.9 Å². The summed E-state index contributed by atoms with van der Waals surface area (Å²) in [6, 6.07) is 8.22. The first kappa shape index (κ1) is 12.3. The molecule has 1 aromatic carbocycles. The summed E-state index contributed by atoms with van der Waals surface area (Å²) in [6.07, 6.45) is 1.28. The summed E-state index contributed by atoms with van der Waals surface area (Å²) in [4.78, 5) is 9.92. The van der Waals surface area contributed by atoms with Crippen molar-refractivity contribution in [1.82, 2.24) is 0 Å². The molecule has 0 bridgehead atoms. The summed E-state index contributed by atoms with van der Waals surface area (Å²) in [5.41, 5.74) is 0.395. The third kappa shape index (κ3) is 2.57. The van der Waals surface area contributed by atoms with Crippen LogP contribution < -0.4 is 0 Å². The zero-order valence-corrected chi connectivity index (χ0v) is 9.96. The minimum atomic E-state index is -3.54. The minimum absolute atomic E-state index is 0.0749. The minimum Gasteiger partial charge on any atom is -0.453 e. The molecule has 2 aromatic rings. The maximum absolute atomic E-state index is 11.9. The van der Waals surface area contributed by atoms with E-state index in [4.69, 9.17) is 4.42 Å². The second-order valence-electron chi connectivity index (χ2n) is 3.61. The van der Waals surface area contributed by atoms with Gasteiger partial charge in [0.05, 0.1) is 16.9 Å². The van der Waals surface area contributed by atoms with E-state index in [2.05, 4.69) is 0 Å². The van der Waals surface area contributed by atoms with Crippen molar-refractivity contribution < 1.29 is 17.8 Å². The fraction of sp³-hybridized carbons (Fsp3) is 0.0909. The quantitative estimate of drug-likeness (QED) is 0.625. The van der Waals surface area contributed by atoms with E-state index in [1.807, 2.05) is 0 Å². The molecule has 0 unspecified atom stereocenters. The average Bonchev–Trinajstić information content (AvgIpc) is 2.83. The topological polar surface area (TPSA) is 90.4 Å². The number of furan rings is 1. The van der Waals surface area contributed by atoms with Crippen LogP contribution in [0.5, 0.6) is 0 Å². The molecule has 1 aromatic heterocycles. The van der Waals surface area contributed by atoms with E-state index in [0.29, 0.717) is 5.56 Å². The zero-order chi connectivity index (χ0) is 13.2. The number of rotatable bonds is 4. The molecule has 18 heavy (non-hydrogen) atoms. The molecule has 0 saturated carbocycles. The van der Waals surface area contributed by atoms with Crippen molar-refractivity contribution in [2.45, 2.75) is 10.8 Å². The molecule has 0 aliphatic rings. The predicted molar refractivity (Wildman–Crippen MR) is 62.7 cm³/mol. The van der Waals surface area contributed by atoms with Crippen molar-refractivity contribution in [3.8, 4) is 0 Å². The number of nitro groups is 1.